The number of aromatic nitrogens is 3. The molecule has 0 unspecified atom stereocenters. The van der Waals surface area contributed by atoms with E-state index in [9.17, 15) is 9.59 Å². The lowest BCUT2D eigenvalue weighted by Gasteiger charge is -2.15. The van der Waals surface area contributed by atoms with Crippen molar-refractivity contribution in [2.45, 2.75) is 45.8 Å². The van der Waals surface area contributed by atoms with Gasteiger partial charge in [-0.2, -0.15) is 0 Å². The molecule has 0 aliphatic rings. The predicted octanol–water partition coefficient (Wildman–Crippen LogP) is 4.85. The molecule has 38 heavy (non-hydrogen) atoms. The van der Waals surface area contributed by atoms with Crippen LogP contribution in [0.2, 0.25) is 0 Å². The van der Waals surface area contributed by atoms with Crippen molar-refractivity contribution in [3.8, 4) is 5.75 Å². The van der Waals surface area contributed by atoms with Crippen LogP contribution in [0.4, 0.5) is 0 Å². The van der Waals surface area contributed by atoms with Crippen LogP contribution >= 0.6 is 0 Å². The molecule has 1 amide bonds. The molecular formula is C31H32N4O3. The van der Waals surface area contributed by atoms with Crippen LogP contribution in [0.25, 0.3) is 21.9 Å². The summed E-state index contributed by atoms with van der Waals surface area (Å²) < 4.78 is 8.64. The van der Waals surface area contributed by atoms with Gasteiger partial charge in [-0.05, 0) is 62.1 Å². The van der Waals surface area contributed by atoms with Gasteiger partial charge in [0.05, 0.1) is 25.5 Å². The highest BCUT2D eigenvalue weighted by molar-refractivity contribution is 6.06. The summed E-state index contributed by atoms with van der Waals surface area (Å²) in [6.45, 7) is 4.44. The van der Waals surface area contributed by atoms with Crippen LogP contribution in [0.15, 0.2) is 83.9 Å². The number of amides is 1. The Morgan fingerprint density at radius 3 is 2.53 bits per heavy atom. The number of hydrogen-bond donors (Lipinski definition) is 1. The van der Waals surface area contributed by atoms with Crippen molar-refractivity contribution < 1.29 is 9.53 Å². The zero-order valence-electron chi connectivity index (χ0n) is 22.0. The van der Waals surface area contributed by atoms with Gasteiger partial charge in [0.25, 0.3) is 5.56 Å². The second-order valence-electron chi connectivity index (χ2n) is 9.82. The molecule has 5 aromatic rings. The number of nitrogens with zero attached hydrogens (tertiary/aromatic N) is 3. The lowest BCUT2D eigenvalue weighted by Crippen LogP contribution is -2.36. The second kappa shape index (κ2) is 10.9. The SMILES string of the molecule is COc1ccc(Cn2cnc3c4cc(C)ccc4n(CC(=O)N[C@@H](C)CCc4ccccc4)c3c2=O)cc1. The number of methoxy groups -OCH3 is 1. The number of ether oxygens (including phenoxy) is 1. The predicted molar refractivity (Wildman–Crippen MR) is 151 cm³/mol. The standard InChI is InChI=1S/C31H32N4O3/c1-21-9-16-27-26(17-21)29-30(31(37)34(20-32-29)18-24-12-14-25(38-3)15-13-24)35(27)19-28(36)33-22(2)10-11-23-7-5-4-6-8-23/h4-9,12-17,20,22H,10-11,18-19H2,1-3H3,(H,33,36)/t22-/m0/s1. The molecule has 0 bridgehead atoms. The number of rotatable bonds is 9. The van der Waals surface area contributed by atoms with Gasteiger partial charge < -0.3 is 14.6 Å². The Labute approximate surface area is 221 Å². The monoisotopic (exact) mass is 508 g/mol. The molecule has 0 spiro atoms. The number of hydrogen-bond acceptors (Lipinski definition) is 4. The van der Waals surface area contributed by atoms with Gasteiger partial charge >= 0.3 is 0 Å². The van der Waals surface area contributed by atoms with E-state index in [0.717, 1.165) is 40.6 Å². The Morgan fingerprint density at radius 2 is 1.79 bits per heavy atom. The van der Waals surface area contributed by atoms with E-state index in [-0.39, 0.29) is 24.1 Å². The molecule has 5 rings (SSSR count). The summed E-state index contributed by atoms with van der Waals surface area (Å²) in [5.41, 5.74) is 4.97. The first kappa shape index (κ1) is 25.3. The third-order valence-corrected chi connectivity index (χ3v) is 6.91. The zero-order chi connectivity index (χ0) is 26.6. The Hall–Kier alpha value is -4.39. The fraction of sp³-hybridized carbons (Fsp3) is 0.258. The molecular weight excluding hydrogens is 476 g/mol. The maximum Gasteiger partial charge on any atom is 0.278 e. The van der Waals surface area contributed by atoms with Crippen molar-refractivity contribution in [2.75, 3.05) is 7.11 Å². The zero-order valence-corrected chi connectivity index (χ0v) is 22.0. The van der Waals surface area contributed by atoms with E-state index in [4.69, 9.17) is 4.74 Å². The van der Waals surface area contributed by atoms with Crippen LogP contribution in [-0.2, 0) is 24.3 Å². The van der Waals surface area contributed by atoms with Crippen molar-refractivity contribution in [1.82, 2.24) is 19.4 Å². The highest BCUT2D eigenvalue weighted by Gasteiger charge is 2.19. The molecule has 0 aliphatic carbocycles. The molecule has 0 saturated heterocycles. The third-order valence-electron chi connectivity index (χ3n) is 6.91. The van der Waals surface area contributed by atoms with Crippen LogP contribution in [0.1, 0.15) is 30.0 Å². The highest BCUT2D eigenvalue weighted by Crippen LogP contribution is 2.26. The molecule has 1 N–H and O–H groups in total. The fourth-order valence-electron chi connectivity index (χ4n) is 4.88. The summed E-state index contributed by atoms with van der Waals surface area (Å²) in [5.74, 6) is 0.629. The maximum atomic E-state index is 13.7. The second-order valence-corrected chi connectivity index (χ2v) is 9.82. The Morgan fingerprint density at radius 1 is 1.03 bits per heavy atom. The van der Waals surface area contributed by atoms with Crippen LogP contribution in [0.5, 0.6) is 5.75 Å². The summed E-state index contributed by atoms with van der Waals surface area (Å²) in [7, 11) is 1.62. The van der Waals surface area contributed by atoms with Crippen molar-refractivity contribution in [3.63, 3.8) is 0 Å². The lowest BCUT2D eigenvalue weighted by atomic mass is 10.1. The number of fused-ring (bicyclic) bond motifs is 3. The molecule has 0 radical (unpaired) electrons. The van der Waals surface area contributed by atoms with Crippen LogP contribution < -0.4 is 15.6 Å². The van der Waals surface area contributed by atoms with Gasteiger partial charge in [0.15, 0.2) is 0 Å². The largest absolute Gasteiger partial charge is 0.497 e. The third kappa shape index (κ3) is 5.32. The highest BCUT2D eigenvalue weighted by atomic mass is 16.5. The van der Waals surface area contributed by atoms with Crippen molar-refractivity contribution in [2.24, 2.45) is 0 Å². The molecule has 194 valence electrons. The number of benzene rings is 3. The molecule has 2 heterocycles. The van der Waals surface area contributed by atoms with Crippen LogP contribution in [-0.4, -0.2) is 33.2 Å². The van der Waals surface area contributed by atoms with Gasteiger partial charge in [0, 0.05) is 11.4 Å². The minimum atomic E-state index is -0.176. The lowest BCUT2D eigenvalue weighted by molar-refractivity contribution is -0.122. The summed E-state index contributed by atoms with van der Waals surface area (Å²) >= 11 is 0. The summed E-state index contributed by atoms with van der Waals surface area (Å²) in [6.07, 6.45) is 3.31. The Balaban J connectivity index is 1.44. The molecule has 3 aromatic carbocycles. The molecule has 0 fully saturated rings. The summed E-state index contributed by atoms with van der Waals surface area (Å²) in [5, 5.41) is 3.99. The molecule has 0 saturated carbocycles. The minimum Gasteiger partial charge on any atom is -0.497 e. The first-order valence-corrected chi connectivity index (χ1v) is 12.9. The average Bonchev–Trinajstić information content (AvgIpc) is 3.22. The topological polar surface area (TPSA) is 78.2 Å². The molecule has 2 aromatic heterocycles. The van der Waals surface area contributed by atoms with Crippen LogP contribution in [0, 0.1) is 6.92 Å². The first-order chi connectivity index (χ1) is 18.4. The van der Waals surface area contributed by atoms with E-state index in [1.165, 1.54) is 5.56 Å². The van der Waals surface area contributed by atoms with Gasteiger partial charge in [-0.25, -0.2) is 4.98 Å². The molecule has 1 atom stereocenters. The van der Waals surface area contributed by atoms with Crippen molar-refractivity contribution >= 4 is 27.8 Å². The van der Waals surface area contributed by atoms with E-state index < -0.39 is 0 Å². The van der Waals surface area contributed by atoms with E-state index in [1.54, 1.807) is 18.0 Å². The van der Waals surface area contributed by atoms with Gasteiger partial charge in [-0.1, -0.05) is 54.1 Å². The van der Waals surface area contributed by atoms with Crippen LogP contribution in [0.3, 0.4) is 0 Å². The first-order valence-electron chi connectivity index (χ1n) is 12.9. The van der Waals surface area contributed by atoms with Gasteiger partial charge in [0.2, 0.25) is 5.91 Å². The number of carbonyl (C=O) groups is 1. The average molecular weight is 509 g/mol. The minimum absolute atomic E-state index is 0.00268. The number of aryl methyl sites for hydroxylation is 2. The molecule has 0 aliphatic heterocycles. The van der Waals surface area contributed by atoms with Crippen molar-refractivity contribution in [1.29, 1.82) is 0 Å². The van der Waals surface area contributed by atoms with Gasteiger partial charge in [0.1, 0.15) is 23.3 Å². The molecule has 7 nitrogen and oxygen atoms in total. The van der Waals surface area contributed by atoms with Crippen molar-refractivity contribution in [3.05, 3.63) is 106 Å². The van der Waals surface area contributed by atoms with Gasteiger partial charge in [-0.15, -0.1) is 0 Å². The summed E-state index contributed by atoms with van der Waals surface area (Å²) in [4.78, 5) is 31.6. The van der Waals surface area contributed by atoms with E-state index in [1.807, 2.05) is 79.1 Å². The molecule has 7 heteroatoms. The summed E-state index contributed by atoms with van der Waals surface area (Å²) in [6, 6.07) is 23.8. The normalized spacial score (nSPS) is 12.1. The van der Waals surface area contributed by atoms with E-state index >= 15 is 0 Å². The van der Waals surface area contributed by atoms with Gasteiger partial charge in [-0.3, -0.25) is 14.2 Å². The fourth-order valence-corrected chi connectivity index (χ4v) is 4.88. The number of carbonyl (C=O) groups excluding carboxylic acids is 1. The smallest absolute Gasteiger partial charge is 0.278 e. The Bertz CT molecular complexity index is 1640. The van der Waals surface area contributed by atoms with E-state index in [0.29, 0.717) is 17.6 Å². The Kier molecular flexibility index (Phi) is 7.26. The number of nitrogens with one attached hydrogen (secondary N) is 1. The van der Waals surface area contributed by atoms with E-state index in [2.05, 4.69) is 22.4 Å². The maximum absolute atomic E-state index is 13.7. The quantitative estimate of drug-likeness (QED) is 0.309.